The molecule has 3 aromatic rings. The van der Waals surface area contributed by atoms with Gasteiger partial charge in [-0.3, -0.25) is 0 Å². The fraction of sp³-hybridized carbons (Fsp3) is 0.118. The fourth-order valence-electron chi connectivity index (χ4n) is 2.30. The first kappa shape index (κ1) is 14.0. The number of nitrogens with one attached hydrogen (secondary N) is 1. The van der Waals surface area contributed by atoms with E-state index in [1.165, 1.54) is 0 Å². The van der Waals surface area contributed by atoms with Crippen LogP contribution in [0.1, 0.15) is 16.1 Å². The number of aromatic amines is 1. The van der Waals surface area contributed by atoms with Crippen LogP contribution in [0, 0.1) is 0 Å². The molecule has 5 nitrogen and oxygen atoms in total. The Morgan fingerprint density at radius 3 is 2.64 bits per heavy atom. The van der Waals surface area contributed by atoms with Gasteiger partial charge in [-0.15, -0.1) is 0 Å². The fourth-order valence-corrected chi connectivity index (χ4v) is 2.30. The number of ether oxygens (including phenoxy) is 2. The summed E-state index contributed by atoms with van der Waals surface area (Å²) in [7, 11) is 1.55. The quantitative estimate of drug-likeness (QED) is 0.756. The Hall–Kier alpha value is -2.95. The van der Waals surface area contributed by atoms with Crippen LogP contribution >= 0.6 is 0 Å². The van der Waals surface area contributed by atoms with Gasteiger partial charge < -0.3 is 19.6 Å². The van der Waals surface area contributed by atoms with Crippen LogP contribution < -0.4 is 9.47 Å². The maximum Gasteiger partial charge on any atom is 0.352 e. The van der Waals surface area contributed by atoms with E-state index in [0.717, 1.165) is 10.9 Å². The average Bonchev–Trinajstić information content (AvgIpc) is 2.98. The molecule has 0 aliphatic rings. The molecule has 0 aliphatic heterocycles. The van der Waals surface area contributed by atoms with Crippen LogP contribution in [-0.4, -0.2) is 23.2 Å². The van der Waals surface area contributed by atoms with Gasteiger partial charge in [-0.25, -0.2) is 4.79 Å². The summed E-state index contributed by atoms with van der Waals surface area (Å²) in [4.78, 5) is 14.0. The van der Waals surface area contributed by atoms with E-state index in [1.54, 1.807) is 25.3 Å². The number of aromatic carboxylic acids is 1. The molecule has 0 atom stereocenters. The van der Waals surface area contributed by atoms with Gasteiger partial charge in [0, 0.05) is 5.39 Å². The Kier molecular flexibility index (Phi) is 3.70. The van der Waals surface area contributed by atoms with Gasteiger partial charge >= 0.3 is 5.97 Å². The molecule has 1 heterocycles. The monoisotopic (exact) mass is 297 g/mol. The van der Waals surface area contributed by atoms with Crippen molar-refractivity contribution < 1.29 is 19.4 Å². The summed E-state index contributed by atoms with van der Waals surface area (Å²) in [6.07, 6.45) is 0. The highest BCUT2D eigenvalue weighted by atomic mass is 16.5. The molecular weight excluding hydrogens is 282 g/mol. The lowest BCUT2D eigenvalue weighted by molar-refractivity contribution is 0.0691. The molecule has 22 heavy (non-hydrogen) atoms. The van der Waals surface area contributed by atoms with Crippen molar-refractivity contribution >= 4 is 16.9 Å². The molecule has 0 aliphatic carbocycles. The van der Waals surface area contributed by atoms with E-state index in [0.29, 0.717) is 23.6 Å². The SMILES string of the molecule is COc1ccc2cc(C(=O)O)[nH]c2c1OCc1ccccc1. The molecule has 0 fully saturated rings. The molecule has 2 aromatic carbocycles. The summed E-state index contributed by atoms with van der Waals surface area (Å²) in [5, 5.41) is 9.87. The molecule has 0 saturated carbocycles. The van der Waals surface area contributed by atoms with Crippen molar-refractivity contribution in [1.29, 1.82) is 0 Å². The van der Waals surface area contributed by atoms with Crippen LogP contribution in [0.25, 0.3) is 10.9 Å². The standard InChI is InChI=1S/C17H15NO4/c1-21-14-8-7-12-9-13(17(19)20)18-15(12)16(14)22-10-11-5-3-2-4-6-11/h2-9,18H,10H2,1H3,(H,19,20). The van der Waals surface area contributed by atoms with Gasteiger partial charge in [0.05, 0.1) is 12.6 Å². The molecule has 0 bridgehead atoms. The van der Waals surface area contributed by atoms with Crippen molar-refractivity contribution in [2.24, 2.45) is 0 Å². The van der Waals surface area contributed by atoms with Crippen LogP contribution in [0.2, 0.25) is 0 Å². The number of hydrogen-bond acceptors (Lipinski definition) is 3. The smallest absolute Gasteiger partial charge is 0.352 e. The molecule has 3 rings (SSSR count). The van der Waals surface area contributed by atoms with Crippen LogP contribution in [-0.2, 0) is 6.61 Å². The van der Waals surface area contributed by atoms with Gasteiger partial charge in [-0.2, -0.15) is 0 Å². The molecule has 1 aromatic heterocycles. The van der Waals surface area contributed by atoms with Crippen molar-refractivity contribution in [2.75, 3.05) is 7.11 Å². The zero-order valence-corrected chi connectivity index (χ0v) is 12.0. The second-order valence-corrected chi connectivity index (χ2v) is 4.82. The van der Waals surface area contributed by atoms with Gasteiger partial charge in [-0.05, 0) is 23.8 Å². The Morgan fingerprint density at radius 1 is 1.18 bits per heavy atom. The molecule has 2 N–H and O–H groups in total. The summed E-state index contributed by atoms with van der Waals surface area (Å²) in [6, 6.07) is 14.9. The molecule has 0 saturated heterocycles. The minimum atomic E-state index is -1.01. The number of methoxy groups -OCH3 is 1. The topological polar surface area (TPSA) is 71.5 Å². The van der Waals surface area contributed by atoms with Gasteiger partial charge in [-0.1, -0.05) is 30.3 Å². The lowest BCUT2D eigenvalue weighted by Gasteiger charge is -2.11. The van der Waals surface area contributed by atoms with E-state index in [9.17, 15) is 4.79 Å². The zero-order chi connectivity index (χ0) is 15.5. The number of carboxylic acid groups (broad SMARTS) is 1. The van der Waals surface area contributed by atoms with E-state index in [2.05, 4.69) is 4.98 Å². The number of benzene rings is 2. The Balaban J connectivity index is 1.99. The number of H-pyrrole nitrogens is 1. The minimum absolute atomic E-state index is 0.118. The number of carbonyl (C=O) groups is 1. The first-order valence-corrected chi connectivity index (χ1v) is 6.79. The van der Waals surface area contributed by atoms with Gasteiger partial charge in [0.15, 0.2) is 11.5 Å². The number of fused-ring (bicyclic) bond motifs is 1. The number of aromatic nitrogens is 1. The average molecular weight is 297 g/mol. The van der Waals surface area contributed by atoms with Crippen molar-refractivity contribution in [3.8, 4) is 11.5 Å². The molecule has 112 valence electrons. The first-order valence-electron chi connectivity index (χ1n) is 6.79. The summed E-state index contributed by atoms with van der Waals surface area (Å²) in [5.74, 6) is 0.0581. The maximum absolute atomic E-state index is 11.1. The van der Waals surface area contributed by atoms with E-state index >= 15 is 0 Å². The first-order chi connectivity index (χ1) is 10.7. The molecular formula is C17H15NO4. The Labute approximate surface area is 127 Å². The van der Waals surface area contributed by atoms with Gasteiger partial charge in [0.2, 0.25) is 0 Å². The Morgan fingerprint density at radius 2 is 1.95 bits per heavy atom. The third-order valence-electron chi connectivity index (χ3n) is 3.39. The van der Waals surface area contributed by atoms with Crippen molar-refractivity contribution in [3.05, 3.63) is 59.8 Å². The highest BCUT2D eigenvalue weighted by molar-refractivity contribution is 5.96. The zero-order valence-electron chi connectivity index (χ0n) is 12.0. The molecule has 0 radical (unpaired) electrons. The second kappa shape index (κ2) is 5.81. The molecule has 5 heteroatoms. The summed E-state index contributed by atoms with van der Waals surface area (Å²) < 4.78 is 11.2. The van der Waals surface area contributed by atoms with Gasteiger partial charge in [0.25, 0.3) is 0 Å². The lowest BCUT2D eigenvalue weighted by atomic mass is 10.2. The van der Waals surface area contributed by atoms with Crippen molar-refractivity contribution in [2.45, 2.75) is 6.61 Å². The minimum Gasteiger partial charge on any atom is -0.493 e. The third kappa shape index (κ3) is 2.61. The molecule has 0 unspecified atom stereocenters. The van der Waals surface area contributed by atoms with Crippen LogP contribution in [0.15, 0.2) is 48.5 Å². The van der Waals surface area contributed by atoms with Crippen LogP contribution in [0.4, 0.5) is 0 Å². The summed E-state index contributed by atoms with van der Waals surface area (Å²) >= 11 is 0. The predicted octanol–water partition coefficient (Wildman–Crippen LogP) is 3.45. The van der Waals surface area contributed by atoms with E-state index < -0.39 is 5.97 Å². The van der Waals surface area contributed by atoms with E-state index in [-0.39, 0.29) is 5.69 Å². The number of carboxylic acids is 1. The van der Waals surface area contributed by atoms with Crippen molar-refractivity contribution in [1.82, 2.24) is 4.98 Å². The van der Waals surface area contributed by atoms with Gasteiger partial charge in [0.1, 0.15) is 12.3 Å². The van der Waals surface area contributed by atoms with Crippen LogP contribution in [0.5, 0.6) is 11.5 Å². The van der Waals surface area contributed by atoms with Crippen molar-refractivity contribution in [3.63, 3.8) is 0 Å². The van der Waals surface area contributed by atoms with E-state index in [4.69, 9.17) is 14.6 Å². The number of hydrogen-bond donors (Lipinski definition) is 2. The second-order valence-electron chi connectivity index (χ2n) is 4.82. The normalized spacial score (nSPS) is 10.6. The van der Waals surface area contributed by atoms with Crippen LogP contribution in [0.3, 0.4) is 0 Å². The highest BCUT2D eigenvalue weighted by Gasteiger charge is 2.15. The number of rotatable bonds is 5. The largest absolute Gasteiger partial charge is 0.493 e. The highest BCUT2D eigenvalue weighted by Crippen LogP contribution is 2.36. The van der Waals surface area contributed by atoms with E-state index in [1.807, 2.05) is 30.3 Å². The summed E-state index contributed by atoms with van der Waals surface area (Å²) in [5.41, 5.74) is 1.76. The molecule has 0 spiro atoms. The maximum atomic E-state index is 11.1. The Bertz CT molecular complexity index is 808. The lowest BCUT2D eigenvalue weighted by Crippen LogP contribution is -1.99. The predicted molar refractivity (Wildman–Crippen MR) is 82.6 cm³/mol. The summed E-state index contributed by atoms with van der Waals surface area (Å²) in [6.45, 7) is 0.373. The molecule has 0 amide bonds. The third-order valence-corrected chi connectivity index (χ3v) is 3.39.